The van der Waals surface area contributed by atoms with Crippen LogP contribution in [0, 0.1) is 12.3 Å². The van der Waals surface area contributed by atoms with Crippen LogP contribution in [-0.2, 0) is 0 Å². The normalized spacial score (nSPS) is 23.3. The highest BCUT2D eigenvalue weighted by atomic mass is 32.2. The van der Waals surface area contributed by atoms with Crippen molar-refractivity contribution in [1.29, 1.82) is 0 Å². The first-order chi connectivity index (χ1) is 9.44. The molecular weight excluding hydrogens is 266 g/mol. The molecule has 1 saturated heterocycles. The summed E-state index contributed by atoms with van der Waals surface area (Å²) in [5.74, 6) is 3.46. The molecule has 0 aliphatic carbocycles. The summed E-state index contributed by atoms with van der Waals surface area (Å²) in [4.78, 5) is 0. The fourth-order valence-electron chi connectivity index (χ4n) is 2.68. The molecule has 112 valence electrons. The van der Waals surface area contributed by atoms with E-state index in [0.717, 1.165) is 12.4 Å². The number of rotatable bonds is 5. The first-order valence-corrected chi connectivity index (χ1v) is 8.63. The maximum Gasteiger partial charge on any atom is 0.119 e. The average Bonchev–Trinajstić information content (AvgIpc) is 2.37. The Morgan fingerprint density at radius 1 is 1.35 bits per heavy atom. The molecule has 1 aliphatic rings. The molecule has 1 heterocycles. The number of hydrogen-bond donors (Lipinski definition) is 1. The van der Waals surface area contributed by atoms with E-state index in [-0.39, 0.29) is 0 Å². The van der Waals surface area contributed by atoms with Crippen LogP contribution in [0.1, 0.15) is 32.8 Å². The second kappa shape index (κ2) is 6.86. The lowest BCUT2D eigenvalue weighted by Crippen LogP contribution is -2.46. The Labute approximate surface area is 127 Å². The zero-order valence-electron chi connectivity index (χ0n) is 13.1. The quantitative estimate of drug-likeness (QED) is 0.890. The van der Waals surface area contributed by atoms with Crippen molar-refractivity contribution in [2.24, 2.45) is 5.41 Å². The van der Waals surface area contributed by atoms with Gasteiger partial charge in [0.05, 0.1) is 0 Å². The van der Waals surface area contributed by atoms with Crippen LogP contribution in [0.15, 0.2) is 24.3 Å². The maximum absolute atomic E-state index is 5.85. The second-order valence-corrected chi connectivity index (χ2v) is 7.80. The van der Waals surface area contributed by atoms with Gasteiger partial charge >= 0.3 is 0 Å². The highest BCUT2D eigenvalue weighted by molar-refractivity contribution is 7.99. The first kappa shape index (κ1) is 15.7. The van der Waals surface area contributed by atoms with E-state index >= 15 is 0 Å². The van der Waals surface area contributed by atoms with Gasteiger partial charge in [0.1, 0.15) is 12.4 Å². The standard InChI is InChI=1S/C17H27NOS/c1-13-5-7-16(8-6-13)19-10-14(2)18-15-9-17(3,4)12-20-11-15/h5-8,14-15,18H,9-12H2,1-4H3. The number of aryl methyl sites for hydroxylation is 1. The van der Waals surface area contributed by atoms with Crippen molar-refractivity contribution in [2.45, 2.75) is 46.2 Å². The van der Waals surface area contributed by atoms with Gasteiger partial charge in [-0.05, 0) is 43.6 Å². The van der Waals surface area contributed by atoms with Crippen molar-refractivity contribution in [2.75, 3.05) is 18.1 Å². The molecule has 0 aromatic heterocycles. The first-order valence-electron chi connectivity index (χ1n) is 7.48. The fourth-order valence-corrected chi connectivity index (χ4v) is 3.96. The van der Waals surface area contributed by atoms with Gasteiger partial charge in [0.25, 0.3) is 0 Å². The molecular formula is C17H27NOS. The van der Waals surface area contributed by atoms with E-state index in [1.54, 1.807) is 0 Å². The molecule has 20 heavy (non-hydrogen) atoms. The van der Waals surface area contributed by atoms with Gasteiger partial charge in [-0.15, -0.1) is 0 Å². The molecule has 2 nitrogen and oxygen atoms in total. The summed E-state index contributed by atoms with van der Waals surface area (Å²) >= 11 is 2.06. The Morgan fingerprint density at radius 2 is 2.05 bits per heavy atom. The summed E-state index contributed by atoms with van der Waals surface area (Å²) in [5.41, 5.74) is 1.72. The van der Waals surface area contributed by atoms with Gasteiger partial charge in [0.2, 0.25) is 0 Å². The average molecular weight is 293 g/mol. The lowest BCUT2D eigenvalue weighted by molar-refractivity contribution is 0.241. The highest BCUT2D eigenvalue weighted by Gasteiger charge is 2.28. The van der Waals surface area contributed by atoms with Crippen LogP contribution < -0.4 is 10.1 Å². The molecule has 1 aliphatic heterocycles. The van der Waals surface area contributed by atoms with E-state index < -0.39 is 0 Å². The Balaban J connectivity index is 1.75. The Hall–Kier alpha value is -0.670. The third-order valence-electron chi connectivity index (χ3n) is 3.65. The van der Waals surface area contributed by atoms with Gasteiger partial charge in [-0.25, -0.2) is 0 Å². The van der Waals surface area contributed by atoms with E-state index in [1.807, 2.05) is 12.1 Å². The molecule has 0 bridgehead atoms. The molecule has 0 radical (unpaired) electrons. The summed E-state index contributed by atoms with van der Waals surface area (Å²) in [6.07, 6.45) is 1.26. The molecule has 2 atom stereocenters. The van der Waals surface area contributed by atoms with Crippen molar-refractivity contribution >= 4 is 11.8 Å². The van der Waals surface area contributed by atoms with Crippen LogP contribution >= 0.6 is 11.8 Å². The Morgan fingerprint density at radius 3 is 2.70 bits per heavy atom. The Bertz CT molecular complexity index is 416. The SMILES string of the molecule is Cc1ccc(OCC(C)NC2CSCC(C)(C)C2)cc1. The third-order valence-corrected chi connectivity index (χ3v) is 5.28. The van der Waals surface area contributed by atoms with Crippen LogP contribution in [0.4, 0.5) is 0 Å². The third kappa shape index (κ3) is 5.02. The molecule has 0 spiro atoms. The number of hydrogen-bond acceptors (Lipinski definition) is 3. The summed E-state index contributed by atoms with van der Waals surface area (Å²) in [6.45, 7) is 9.75. The minimum Gasteiger partial charge on any atom is -0.492 e. The van der Waals surface area contributed by atoms with Gasteiger partial charge in [-0.1, -0.05) is 31.5 Å². The Kier molecular flexibility index (Phi) is 5.39. The molecule has 1 aromatic rings. The zero-order chi connectivity index (χ0) is 14.6. The van der Waals surface area contributed by atoms with Gasteiger partial charge in [0, 0.05) is 17.8 Å². The van der Waals surface area contributed by atoms with Gasteiger partial charge < -0.3 is 10.1 Å². The van der Waals surface area contributed by atoms with Crippen molar-refractivity contribution in [3.8, 4) is 5.75 Å². The highest BCUT2D eigenvalue weighted by Crippen LogP contribution is 2.33. The molecule has 3 heteroatoms. The molecule has 1 fully saturated rings. The van der Waals surface area contributed by atoms with Gasteiger partial charge in [-0.2, -0.15) is 11.8 Å². The van der Waals surface area contributed by atoms with E-state index in [2.05, 4.69) is 56.9 Å². The zero-order valence-corrected chi connectivity index (χ0v) is 13.9. The summed E-state index contributed by atoms with van der Waals surface area (Å²) < 4.78 is 5.85. The lowest BCUT2D eigenvalue weighted by Gasteiger charge is -2.36. The molecule has 0 amide bonds. The van der Waals surface area contributed by atoms with Crippen LogP contribution in [0.25, 0.3) is 0 Å². The van der Waals surface area contributed by atoms with Crippen LogP contribution in [-0.4, -0.2) is 30.2 Å². The van der Waals surface area contributed by atoms with E-state index in [1.165, 1.54) is 23.5 Å². The monoisotopic (exact) mass is 293 g/mol. The van der Waals surface area contributed by atoms with Crippen LogP contribution in [0.2, 0.25) is 0 Å². The summed E-state index contributed by atoms with van der Waals surface area (Å²) in [6, 6.07) is 9.27. The summed E-state index contributed by atoms with van der Waals surface area (Å²) in [7, 11) is 0. The number of benzene rings is 1. The predicted octanol–water partition coefficient (Wildman–Crippen LogP) is 3.88. The van der Waals surface area contributed by atoms with Crippen LogP contribution in [0.5, 0.6) is 5.75 Å². The van der Waals surface area contributed by atoms with Gasteiger partial charge in [-0.3, -0.25) is 0 Å². The van der Waals surface area contributed by atoms with E-state index in [4.69, 9.17) is 4.74 Å². The largest absolute Gasteiger partial charge is 0.492 e. The molecule has 2 unspecified atom stereocenters. The predicted molar refractivity (Wildman–Crippen MR) is 88.8 cm³/mol. The fraction of sp³-hybridized carbons (Fsp3) is 0.647. The van der Waals surface area contributed by atoms with Crippen molar-refractivity contribution < 1.29 is 4.74 Å². The minimum absolute atomic E-state index is 0.385. The number of thioether (sulfide) groups is 1. The maximum atomic E-state index is 5.85. The van der Waals surface area contributed by atoms with Crippen molar-refractivity contribution in [1.82, 2.24) is 5.32 Å². The van der Waals surface area contributed by atoms with Crippen molar-refractivity contribution in [3.05, 3.63) is 29.8 Å². The van der Waals surface area contributed by atoms with E-state index in [9.17, 15) is 0 Å². The second-order valence-electron chi connectivity index (χ2n) is 6.77. The summed E-state index contributed by atoms with van der Waals surface area (Å²) in [5, 5.41) is 3.71. The smallest absolute Gasteiger partial charge is 0.119 e. The molecule has 0 saturated carbocycles. The number of nitrogens with one attached hydrogen (secondary N) is 1. The minimum atomic E-state index is 0.385. The molecule has 2 rings (SSSR count). The van der Waals surface area contributed by atoms with Crippen LogP contribution in [0.3, 0.4) is 0 Å². The number of ether oxygens (including phenoxy) is 1. The molecule has 1 aromatic carbocycles. The van der Waals surface area contributed by atoms with Gasteiger partial charge in [0.15, 0.2) is 0 Å². The van der Waals surface area contributed by atoms with Crippen molar-refractivity contribution in [3.63, 3.8) is 0 Å². The molecule has 1 N–H and O–H groups in total. The topological polar surface area (TPSA) is 21.3 Å². The van der Waals surface area contributed by atoms with E-state index in [0.29, 0.717) is 17.5 Å². The lowest BCUT2D eigenvalue weighted by atomic mass is 9.87.